The molecule has 0 spiro atoms. The van der Waals surface area contributed by atoms with Crippen LogP contribution < -0.4 is 5.32 Å². The molecular weight excluding hydrogens is 360 g/mol. The Morgan fingerprint density at radius 2 is 2.00 bits per heavy atom. The smallest absolute Gasteiger partial charge is 0.251 e. The van der Waals surface area contributed by atoms with Crippen LogP contribution in [0.4, 0.5) is 0 Å². The summed E-state index contributed by atoms with van der Waals surface area (Å²) in [6.07, 6.45) is 1.73. The van der Waals surface area contributed by atoms with E-state index in [9.17, 15) is 4.79 Å². The van der Waals surface area contributed by atoms with Crippen LogP contribution in [-0.2, 0) is 13.0 Å². The molecule has 0 fully saturated rings. The number of carbonyl (C=O) groups excluding carboxylic acids is 1. The van der Waals surface area contributed by atoms with E-state index in [1.54, 1.807) is 24.3 Å². The number of amides is 1. The van der Waals surface area contributed by atoms with E-state index in [1.807, 2.05) is 18.2 Å². The molecule has 6 heteroatoms. The average Bonchev–Trinajstić information content (AvgIpc) is 2.99. The number of nitrogens with zero attached hydrogens (tertiary/aromatic N) is 3. The van der Waals surface area contributed by atoms with Gasteiger partial charge in [-0.05, 0) is 57.4 Å². The van der Waals surface area contributed by atoms with Crippen LogP contribution in [0.2, 0.25) is 5.02 Å². The van der Waals surface area contributed by atoms with E-state index in [2.05, 4.69) is 34.9 Å². The van der Waals surface area contributed by atoms with Gasteiger partial charge in [0.15, 0.2) is 0 Å². The number of aromatic nitrogens is 2. The molecule has 1 heterocycles. The molecule has 0 aliphatic rings. The number of para-hydroxylation sites is 2. The number of benzene rings is 2. The van der Waals surface area contributed by atoms with Crippen LogP contribution in [0.15, 0.2) is 48.5 Å². The average molecular weight is 385 g/mol. The molecular formula is C21H25ClN4O. The predicted molar refractivity (Wildman–Crippen MR) is 110 cm³/mol. The Bertz CT molecular complexity index is 919. The van der Waals surface area contributed by atoms with Crippen molar-refractivity contribution in [1.29, 1.82) is 0 Å². The molecule has 3 aromatic rings. The van der Waals surface area contributed by atoms with E-state index in [0.29, 0.717) is 23.6 Å². The summed E-state index contributed by atoms with van der Waals surface area (Å²) in [7, 11) is 4.16. The minimum Gasteiger partial charge on any atom is -0.352 e. The first kappa shape index (κ1) is 19.4. The molecule has 5 nitrogen and oxygen atoms in total. The minimum absolute atomic E-state index is 0.118. The molecule has 0 saturated carbocycles. The molecule has 0 aliphatic carbocycles. The number of fused-ring (bicyclic) bond motifs is 1. The lowest BCUT2D eigenvalue weighted by molar-refractivity contribution is 0.0954. The number of hydrogen-bond donors (Lipinski definition) is 1. The van der Waals surface area contributed by atoms with Crippen molar-refractivity contribution in [2.24, 2.45) is 0 Å². The summed E-state index contributed by atoms with van der Waals surface area (Å²) in [5, 5.41) is 3.52. The second kappa shape index (κ2) is 9.02. The first-order chi connectivity index (χ1) is 13.0. The number of aryl methyl sites for hydroxylation is 1. The lowest BCUT2D eigenvalue weighted by Crippen LogP contribution is -2.26. The molecule has 0 radical (unpaired) electrons. The number of halogens is 1. The summed E-state index contributed by atoms with van der Waals surface area (Å²) in [5.74, 6) is 0.883. The van der Waals surface area contributed by atoms with Gasteiger partial charge in [0, 0.05) is 30.1 Å². The largest absolute Gasteiger partial charge is 0.352 e. The molecule has 0 atom stereocenters. The van der Waals surface area contributed by atoms with Gasteiger partial charge in [-0.15, -0.1) is 0 Å². The van der Waals surface area contributed by atoms with E-state index >= 15 is 0 Å². The first-order valence-corrected chi connectivity index (χ1v) is 9.55. The Hall–Kier alpha value is -2.37. The molecule has 0 bridgehead atoms. The van der Waals surface area contributed by atoms with Gasteiger partial charge >= 0.3 is 0 Å². The Morgan fingerprint density at radius 1 is 1.19 bits per heavy atom. The summed E-state index contributed by atoms with van der Waals surface area (Å²) < 4.78 is 2.27. The maximum atomic E-state index is 12.3. The molecule has 27 heavy (non-hydrogen) atoms. The van der Waals surface area contributed by atoms with Crippen molar-refractivity contribution in [3.05, 3.63) is 64.9 Å². The van der Waals surface area contributed by atoms with Gasteiger partial charge in [-0.3, -0.25) is 4.79 Å². The second-order valence-corrected chi connectivity index (χ2v) is 7.28. The normalized spacial score (nSPS) is 11.3. The van der Waals surface area contributed by atoms with E-state index in [4.69, 9.17) is 16.6 Å². The van der Waals surface area contributed by atoms with Gasteiger partial charge in [0.05, 0.1) is 11.0 Å². The van der Waals surface area contributed by atoms with Crippen LogP contribution in [0.1, 0.15) is 22.6 Å². The summed E-state index contributed by atoms with van der Waals surface area (Å²) in [6.45, 7) is 2.47. The number of imidazole rings is 1. The first-order valence-electron chi connectivity index (χ1n) is 9.17. The Labute approximate surface area is 165 Å². The highest BCUT2D eigenvalue weighted by Crippen LogP contribution is 2.17. The molecule has 0 aliphatic heterocycles. The van der Waals surface area contributed by atoms with Gasteiger partial charge < -0.3 is 14.8 Å². The highest BCUT2D eigenvalue weighted by atomic mass is 35.5. The summed E-state index contributed by atoms with van der Waals surface area (Å²) in [4.78, 5) is 19.2. The molecule has 0 unspecified atom stereocenters. The van der Waals surface area contributed by atoms with Crippen LogP contribution in [0.3, 0.4) is 0 Å². The fraction of sp³-hybridized carbons (Fsp3) is 0.333. The van der Waals surface area contributed by atoms with Gasteiger partial charge in [0.2, 0.25) is 0 Å². The Balaban J connectivity index is 1.67. The van der Waals surface area contributed by atoms with Gasteiger partial charge in [0.1, 0.15) is 5.82 Å². The molecule has 1 aromatic heterocycles. The third-order valence-electron chi connectivity index (χ3n) is 4.44. The van der Waals surface area contributed by atoms with E-state index in [1.165, 1.54) is 0 Å². The quantitative estimate of drug-likeness (QED) is 0.645. The zero-order valence-electron chi connectivity index (χ0n) is 15.8. The fourth-order valence-corrected chi connectivity index (χ4v) is 3.32. The van der Waals surface area contributed by atoms with Gasteiger partial charge in [-0.25, -0.2) is 4.98 Å². The highest BCUT2D eigenvalue weighted by Gasteiger charge is 2.11. The van der Waals surface area contributed by atoms with Crippen molar-refractivity contribution >= 4 is 28.5 Å². The molecule has 0 saturated heterocycles. The zero-order valence-corrected chi connectivity index (χ0v) is 16.5. The van der Waals surface area contributed by atoms with Crippen LogP contribution in [0.5, 0.6) is 0 Å². The summed E-state index contributed by atoms with van der Waals surface area (Å²) in [6, 6.07) is 15.2. The maximum absolute atomic E-state index is 12.3. The zero-order chi connectivity index (χ0) is 19.2. The van der Waals surface area contributed by atoms with E-state index < -0.39 is 0 Å². The summed E-state index contributed by atoms with van der Waals surface area (Å²) in [5.41, 5.74) is 2.72. The van der Waals surface area contributed by atoms with Gasteiger partial charge in [-0.1, -0.05) is 29.8 Å². The van der Waals surface area contributed by atoms with Gasteiger partial charge in [-0.2, -0.15) is 0 Å². The van der Waals surface area contributed by atoms with Crippen LogP contribution >= 0.6 is 11.6 Å². The topological polar surface area (TPSA) is 50.2 Å². The maximum Gasteiger partial charge on any atom is 0.251 e. The minimum atomic E-state index is -0.118. The molecule has 1 N–H and O–H groups in total. The van der Waals surface area contributed by atoms with Crippen LogP contribution in [0.25, 0.3) is 11.0 Å². The third kappa shape index (κ3) is 5.08. The Kier molecular flexibility index (Phi) is 6.48. The van der Waals surface area contributed by atoms with Crippen molar-refractivity contribution in [3.63, 3.8) is 0 Å². The van der Waals surface area contributed by atoms with Crippen molar-refractivity contribution in [3.8, 4) is 0 Å². The number of rotatable bonds is 8. The fourth-order valence-electron chi connectivity index (χ4n) is 3.13. The molecule has 2 aromatic carbocycles. The Morgan fingerprint density at radius 3 is 2.78 bits per heavy atom. The van der Waals surface area contributed by atoms with Gasteiger partial charge in [0.25, 0.3) is 5.91 Å². The molecule has 1 amide bonds. The molecule has 3 rings (SSSR count). The van der Waals surface area contributed by atoms with Crippen LogP contribution in [0, 0.1) is 0 Å². The number of carbonyl (C=O) groups is 1. The van der Waals surface area contributed by atoms with Crippen molar-refractivity contribution in [2.45, 2.75) is 19.4 Å². The number of nitrogens with one attached hydrogen (secondary N) is 1. The lowest BCUT2D eigenvalue weighted by Gasteiger charge is -2.13. The SMILES string of the molecule is CN(C)CCCn1c(CCNC(=O)c2cccc(Cl)c2)nc2ccccc21. The van der Waals surface area contributed by atoms with E-state index in [-0.39, 0.29) is 5.91 Å². The lowest BCUT2D eigenvalue weighted by atomic mass is 10.2. The second-order valence-electron chi connectivity index (χ2n) is 6.84. The standard InChI is InChI=1S/C21H25ClN4O/c1-25(2)13-6-14-26-19-10-4-3-9-18(19)24-20(26)11-12-23-21(27)16-7-5-8-17(22)15-16/h3-5,7-10,15H,6,11-14H2,1-2H3,(H,23,27). The molecule has 142 valence electrons. The van der Waals surface area contributed by atoms with Crippen molar-refractivity contribution in [1.82, 2.24) is 19.8 Å². The highest BCUT2D eigenvalue weighted by molar-refractivity contribution is 6.30. The van der Waals surface area contributed by atoms with Crippen molar-refractivity contribution < 1.29 is 4.79 Å². The third-order valence-corrected chi connectivity index (χ3v) is 4.68. The van der Waals surface area contributed by atoms with Crippen LogP contribution in [-0.4, -0.2) is 47.5 Å². The predicted octanol–water partition coefficient (Wildman–Crippen LogP) is 3.61. The van der Waals surface area contributed by atoms with Crippen molar-refractivity contribution in [2.75, 3.05) is 27.2 Å². The monoisotopic (exact) mass is 384 g/mol. The summed E-state index contributed by atoms with van der Waals surface area (Å²) >= 11 is 5.96. The number of hydrogen-bond acceptors (Lipinski definition) is 3. The van der Waals surface area contributed by atoms with E-state index in [0.717, 1.165) is 36.4 Å².